The molecule has 0 radical (unpaired) electrons. The van der Waals surface area contributed by atoms with E-state index < -0.39 is 0 Å². The first kappa shape index (κ1) is 27.3. The van der Waals surface area contributed by atoms with Gasteiger partial charge >= 0.3 is 0 Å². The topological polar surface area (TPSA) is 107 Å². The van der Waals surface area contributed by atoms with Crippen LogP contribution < -0.4 is 25.4 Å². The third kappa shape index (κ3) is 5.71. The minimum atomic E-state index is -0.243. The average Bonchev–Trinajstić information content (AvgIpc) is 3.70. The number of carbonyl (C=O) groups excluding carboxylic acids is 1. The summed E-state index contributed by atoms with van der Waals surface area (Å²) in [6.07, 6.45) is 5.40. The van der Waals surface area contributed by atoms with Crippen LogP contribution in [0.25, 0.3) is 22.0 Å². The minimum Gasteiger partial charge on any atom is -0.495 e. The summed E-state index contributed by atoms with van der Waals surface area (Å²) in [6, 6.07) is 5.39. The largest absolute Gasteiger partial charge is 0.495 e. The zero-order valence-electron chi connectivity index (χ0n) is 22.0. The number of ether oxygens (including phenoxy) is 3. The summed E-state index contributed by atoms with van der Waals surface area (Å²) in [7, 11) is 3.08. The number of anilines is 2. The summed E-state index contributed by atoms with van der Waals surface area (Å²) in [5, 5.41) is 12.3. The second-order valence-electron chi connectivity index (χ2n) is 9.81. The highest BCUT2D eigenvalue weighted by molar-refractivity contribution is 6.41. The van der Waals surface area contributed by atoms with Crippen molar-refractivity contribution < 1.29 is 19.0 Å². The van der Waals surface area contributed by atoms with Gasteiger partial charge in [-0.15, -0.1) is 0 Å². The van der Waals surface area contributed by atoms with Crippen molar-refractivity contribution in [1.82, 2.24) is 15.3 Å². The molecule has 1 aliphatic heterocycles. The summed E-state index contributed by atoms with van der Waals surface area (Å²) < 4.78 is 16.5. The molecule has 5 rings (SSSR count). The number of hydrogen-bond donors (Lipinski definition) is 3. The molecule has 1 aromatic carbocycles. The van der Waals surface area contributed by atoms with Gasteiger partial charge in [0.2, 0.25) is 5.91 Å². The molecule has 0 bridgehead atoms. The maximum atomic E-state index is 11.8. The van der Waals surface area contributed by atoms with E-state index >= 15 is 0 Å². The molecule has 1 aliphatic carbocycles. The highest BCUT2D eigenvalue weighted by Crippen LogP contribution is 2.46. The Balaban J connectivity index is 1.56. The van der Waals surface area contributed by atoms with Crippen molar-refractivity contribution in [2.75, 3.05) is 38.1 Å². The number of aromatic nitrogens is 2. The third-order valence-electron chi connectivity index (χ3n) is 7.16. The third-order valence-corrected chi connectivity index (χ3v) is 7.92. The number of halogens is 2. The summed E-state index contributed by atoms with van der Waals surface area (Å²) in [6.45, 7) is 6.54. The van der Waals surface area contributed by atoms with Gasteiger partial charge < -0.3 is 30.2 Å². The highest BCUT2D eigenvalue weighted by atomic mass is 35.5. The maximum absolute atomic E-state index is 11.8. The fraction of sp³-hybridized carbons (Fsp3) is 0.393. The summed E-state index contributed by atoms with van der Waals surface area (Å²) in [5.41, 5.74) is 1.09. The van der Waals surface area contributed by atoms with Gasteiger partial charge in [-0.1, -0.05) is 29.8 Å². The Morgan fingerprint density at radius 3 is 2.46 bits per heavy atom. The molecular weight excluding hydrogens is 541 g/mol. The van der Waals surface area contributed by atoms with Gasteiger partial charge in [-0.3, -0.25) is 4.79 Å². The quantitative estimate of drug-likeness (QED) is 0.281. The number of rotatable bonds is 10. The lowest BCUT2D eigenvalue weighted by Gasteiger charge is -2.21. The normalized spacial score (nSPS) is 19.4. The van der Waals surface area contributed by atoms with E-state index in [0.29, 0.717) is 63.6 Å². The van der Waals surface area contributed by atoms with E-state index in [9.17, 15) is 4.79 Å². The molecule has 1 unspecified atom stereocenters. The monoisotopic (exact) mass is 571 g/mol. The van der Waals surface area contributed by atoms with E-state index in [0.717, 1.165) is 10.8 Å². The van der Waals surface area contributed by atoms with Crippen LogP contribution in [-0.4, -0.2) is 61.4 Å². The van der Waals surface area contributed by atoms with Gasteiger partial charge in [0, 0.05) is 34.6 Å². The van der Waals surface area contributed by atoms with Crippen LogP contribution in [-0.2, 0) is 9.53 Å². The van der Waals surface area contributed by atoms with E-state index in [1.807, 2.05) is 12.1 Å². The van der Waals surface area contributed by atoms with Gasteiger partial charge in [-0.25, -0.2) is 9.97 Å². The molecule has 1 saturated carbocycles. The van der Waals surface area contributed by atoms with E-state index in [4.69, 9.17) is 42.4 Å². The molecule has 3 N–H and O–H groups in total. The lowest BCUT2D eigenvalue weighted by molar-refractivity contribution is -0.117. The standard InChI is InChI=1S/C28H31Cl2N5O4/c1-5-24(36)34-20-13-39-12-19(20)33-23-9-17-16(11-31-23)8-18(35-28(17)32-14(2)15-6-7-15)25-26(29)21(37-3)10-22(38-4)27(25)30/h5,8-11,14-15,19-20H,1,6-7,12-13H2,2-4H3,(H,31,33)(H,32,35)(H,34,36)/t14?,19-,20+/m1/s1. The SMILES string of the molecule is C=CC(=O)N[C@H]1COC[C@H]1Nc1cc2c(NC(C)C3CC3)nc(-c3c(Cl)c(OC)cc(OC)c3Cl)cc2cn1. The number of carbonyl (C=O) groups is 1. The Kier molecular flexibility index (Phi) is 8.02. The Bertz CT molecular complexity index is 1390. The molecule has 2 aromatic heterocycles. The molecule has 11 heteroatoms. The molecule has 1 saturated heterocycles. The van der Waals surface area contributed by atoms with Gasteiger partial charge in [0.05, 0.1) is 55.3 Å². The minimum absolute atomic E-state index is 0.144. The van der Waals surface area contributed by atoms with Crippen LogP contribution in [0, 0.1) is 5.92 Å². The zero-order valence-corrected chi connectivity index (χ0v) is 23.5. The van der Waals surface area contributed by atoms with E-state index in [1.165, 1.54) is 33.1 Å². The first-order valence-electron chi connectivity index (χ1n) is 12.8. The van der Waals surface area contributed by atoms with Gasteiger partial charge in [0.25, 0.3) is 0 Å². The van der Waals surface area contributed by atoms with Crippen molar-refractivity contribution in [2.24, 2.45) is 5.92 Å². The molecule has 9 nitrogen and oxygen atoms in total. The van der Waals surface area contributed by atoms with Crippen molar-refractivity contribution in [3.05, 3.63) is 47.1 Å². The Hall–Kier alpha value is -3.27. The predicted octanol–water partition coefficient (Wildman–Crippen LogP) is 5.31. The van der Waals surface area contributed by atoms with E-state index in [2.05, 4.69) is 34.4 Å². The van der Waals surface area contributed by atoms with Crippen molar-refractivity contribution in [2.45, 2.75) is 37.9 Å². The lowest BCUT2D eigenvalue weighted by Crippen LogP contribution is -2.45. The van der Waals surface area contributed by atoms with Crippen molar-refractivity contribution in [3.63, 3.8) is 0 Å². The Labute approximate surface area is 237 Å². The molecule has 2 aliphatic rings. The maximum Gasteiger partial charge on any atom is 0.243 e. The number of hydrogen-bond acceptors (Lipinski definition) is 8. The van der Waals surface area contributed by atoms with E-state index in [1.54, 1.807) is 12.3 Å². The number of fused-ring (bicyclic) bond motifs is 1. The fourth-order valence-corrected chi connectivity index (χ4v) is 5.47. The first-order chi connectivity index (χ1) is 18.8. The van der Waals surface area contributed by atoms with Gasteiger partial charge in [-0.05, 0) is 43.9 Å². The second-order valence-corrected chi connectivity index (χ2v) is 10.6. The van der Waals surface area contributed by atoms with Gasteiger partial charge in [-0.2, -0.15) is 0 Å². The molecule has 39 heavy (non-hydrogen) atoms. The van der Waals surface area contributed by atoms with E-state index in [-0.39, 0.29) is 24.0 Å². The van der Waals surface area contributed by atoms with Crippen molar-refractivity contribution in [3.8, 4) is 22.8 Å². The lowest BCUT2D eigenvalue weighted by atomic mass is 10.1. The van der Waals surface area contributed by atoms with Crippen LogP contribution >= 0.6 is 23.2 Å². The Morgan fingerprint density at radius 1 is 1.13 bits per heavy atom. The van der Waals surface area contributed by atoms with Crippen molar-refractivity contribution >= 4 is 51.5 Å². The molecule has 206 valence electrons. The average molecular weight is 572 g/mol. The molecule has 2 fully saturated rings. The van der Waals surface area contributed by atoms with Gasteiger partial charge in [0.1, 0.15) is 23.1 Å². The molecule has 1 amide bonds. The summed E-state index contributed by atoms with van der Waals surface area (Å²) in [4.78, 5) is 21.5. The van der Waals surface area contributed by atoms with Crippen molar-refractivity contribution in [1.29, 1.82) is 0 Å². The number of pyridine rings is 2. The number of methoxy groups -OCH3 is 2. The number of benzene rings is 1. The second kappa shape index (κ2) is 11.5. The zero-order chi connectivity index (χ0) is 27.7. The fourth-order valence-electron chi connectivity index (χ4n) is 4.77. The first-order valence-corrected chi connectivity index (χ1v) is 13.5. The van der Waals surface area contributed by atoms with Crippen LogP contribution in [0.5, 0.6) is 11.5 Å². The summed E-state index contributed by atoms with van der Waals surface area (Å²) >= 11 is 13.5. The number of amides is 1. The molecule has 3 heterocycles. The van der Waals surface area contributed by atoms with Crippen LogP contribution in [0.3, 0.4) is 0 Å². The predicted molar refractivity (Wildman–Crippen MR) is 154 cm³/mol. The molecule has 3 atom stereocenters. The van der Waals surface area contributed by atoms with Crippen LogP contribution in [0.4, 0.5) is 11.6 Å². The van der Waals surface area contributed by atoms with Crippen LogP contribution in [0.2, 0.25) is 10.0 Å². The molecular formula is C28H31Cl2N5O4. The Morgan fingerprint density at radius 2 is 1.82 bits per heavy atom. The molecule has 3 aromatic rings. The smallest absolute Gasteiger partial charge is 0.243 e. The molecule has 0 spiro atoms. The highest BCUT2D eigenvalue weighted by Gasteiger charge is 2.31. The van der Waals surface area contributed by atoms with Crippen LogP contribution in [0.1, 0.15) is 19.8 Å². The summed E-state index contributed by atoms with van der Waals surface area (Å²) in [5.74, 6) is 2.56. The van der Waals surface area contributed by atoms with Crippen LogP contribution in [0.15, 0.2) is 37.1 Å². The number of nitrogens with zero attached hydrogens (tertiary/aromatic N) is 2. The number of nitrogens with one attached hydrogen (secondary N) is 3. The van der Waals surface area contributed by atoms with Gasteiger partial charge in [0.15, 0.2) is 0 Å².